The molecular formula is C25H24N2O7S2. The summed E-state index contributed by atoms with van der Waals surface area (Å²) in [5.41, 5.74) is 2.59. The largest absolute Gasteiger partial charge is 0.481 e. The number of sulfone groups is 2. The summed E-state index contributed by atoms with van der Waals surface area (Å²) in [5, 5.41) is 12.0. The van der Waals surface area contributed by atoms with E-state index >= 15 is 0 Å². The molecule has 1 aromatic heterocycles. The molecule has 0 spiro atoms. The average Bonchev–Trinajstić information content (AvgIpc) is 3.27. The minimum absolute atomic E-state index is 0.0278. The highest BCUT2D eigenvalue weighted by Crippen LogP contribution is 2.37. The van der Waals surface area contributed by atoms with Gasteiger partial charge in [0.2, 0.25) is 9.84 Å². The number of carboxylic acid groups (broad SMARTS) is 1. The summed E-state index contributed by atoms with van der Waals surface area (Å²) in [6.07, 6.45) is 2.07. The summed E-state index contributed by atoms with van der Waals surface area (Å²) in [6.45, 7) is 3.40. The molecule has 2 heterocycles. The van der Waals surface area contributed by atoms with Gasteiger partial charge in [-0.3, -0.25) is 9.59 Å². The maximum atomic E-state index is 13.6. The Labute approximate surface area is 208 Å². The van der Waals surface area contributed by atoms with Crippen LogP contribution in [0.15, 0.2) is 57.2 Å². The Morgan fingerprint density at radius 1 is 1.00 bits per heavy atom. The van der Waals surface area contributed by atoms with E-state index in [2.05, 4.69) is 10.3 Å². The van der Waals surface area contributed by atoms with Crippen molar-refractivity contribution in [3.63, 3.8) is 0 Å². The van der Waals surface area contributed by atoms with Gasteiger partial charge < -0.3 is 15.4 Å². The zero-order chi connectivity index (χ0) is 26.4. The second-order valence-corrected chi connectivity index (χ2v) is 12.6. The lowest BCUT2D eigenvalue weighted by Gasteiger charge is -2.09. The molecule has 3 aromatic rings. The average molecular weight is 529 g/mol. The number of carbonyl (C=O) groups excluding carboxylic acids is 1. The summed E-state index contributed by atoms with van der Waals surface area (Å²) in [7, 11) is -7.55. The van der Waals surface area contributed by atoms with Crippen LogP contribution in [0.2, 0.25) is 0 Å². The van der Waals surface area contributed by atoms with E-state index in [9.17, 15) is 31.5 Å². The number of amides is 1. The molecule has 3 N–H and O–H groups in total. The fourth-order valence-corrected chi connectivity index (χ4v) is 6.54. The van der Waals surface area contributed by atoms with Crippen molar-refractivity contribution in [2.75, 3.05) is 11.6 Å². The topological polar surface area (TPSA) is 150 Å². The summed E-state index contributed by atoms with van der Waals surface area (Å²) < 4.78 is 51.2. The zero-order valence-corrected chi connectivity index (χ0v) is 21.4. The molecule has 0 aliphatic carbocycles. The lowest BCUT2D eigenvalue weighted by molar-refractivity contribution is -0.137. The molecule has 0 atom stereocenters. The zero-order valence-electron chi connectivity index (χ0n) is 19.7. The molecule has 1 aliphatic heterocycles. The van der Waals surface area contributed by atoms with Crippen LogP contribution in [0, 0.1) is 13.8 Å². The normalized spacial score (nSPS) is 14.6. The second-order valence-electron chi connectivity index (χ2n) is 8.67. The highest BCUT2D eigenvalue weighted by molar-refractivity contribution is 7.91. The molecule has 0 fully saturated rings. The SMILES string of the molecule is Cc1ccc(S(=O)(=O)c2c(C)[nH]c(C=C3C(=O)Nc4ccc(S(C)(=O)=O)cc43)c2CCC(=O)O)cc1. The fraction of sp³-hybridized carbons (Fsp3) is 0.200. The van der Waals surface area contributed by atoms with Gasteiger partial charge in [0.1, 0.15) is 0 Å². The van der Waals surface area contributed by atoms with Gasteiger partial charge in [0.05, 0.1) is 20.3 Å². The minimum atomic E-state index is -4.01. The van der Waals surface area contributed by atoms with E-state index in [1.165, 1.54) is 36.4 Å². The smallest absolute Gasteiger partial charge is 0.303 e. The quantitative estimate of drug-likeness (QED) is 0.398. The number of hydrogen-bond acceptors (Lipinski definition) is 6. The Morgan fingerprint density at radius 2 is 1.64 bits per heavy atom. The Kier molecular flexibility index (Phi) is 6.40. The first-order valence-corrected chi connectivity index (χ1v) is 14.3. The lowest BCUT2D eigenvalue weighted by atomic mass is 10.0. The maximum Gasteiger partial charge on any atom is 0.303 e. The molecule has 188 valence electrons. The molecular weight excluding hydrogens is 504 g/mol. The van der Waals surface area contributed by atoms with Crippen LogP contribution in [0.25, 0.3) is 11.6 Å². The summed E-state index contributed by atoms with van der Waals surface area (Å²) in [5.74, 6) is -1.59. The van der Waals surface area contributed by atoms with Crippen molar-refractivity contribution in [3.05, 3.63) is 70.5 Å². The van der Waals surface area contributed by atoms with Crippen LogP contribution < -0.4 is 5.32 Å². The summed E-state index contributed by atoms with van der Waals surface area (Å²) in [4.78, 5) is 27.2. The number of nitrogens with one attached hydrogen (secondary N) is 2. The van der Waals surface area contributed by atoms with Crippen LogP contribution >= 0.6 is 0 Å². The van der Waals surface area contributed by atoms with Crippen molar-refractivity contribution in [2.24, 2.45) is 0 Å². The first-order valence-electron chi connectivity index (χ1n) is 10.9. The van der Waals surface area contributed by atoms with Gasteiger partial charge in [-0.1, -0.05) is 17.7 Å². The number of H-pyrrole nitrogens is 1. The van der Waals surface area contributed by atoms with Crippen LogP contribution in [-0.2, 0) is 35.7 Å². The highest BCUT2D eigenvalue weighted by atomic mass is 32.2. The van der Waals surface area contributed by atoms with E-state index in [1.54, 1.807) is 19.1 Å². The van der Waals surface area contributed by atoms with Crippen LogP contribution in [-0.4, -0.2) is 45.1 Å². The maximum absolute atomic E-state index is 13.6. The van der Waals surface area contributed by atoms with Gasteiger partial charge in [0, 0.05) is 35.3 Å². The predicted molar refractivity (Wildman–Crippen MR) is 134 cm³/mol. The monoisotopic (exact) mass is 528 g/mol. The molecule has 1 aliphatic rings. The molecule has 1 amide bonds. The minimum Gasteiger partial charge on any atom is -0.481 e. The van der Waals surface area contributed by atoms with Crippen molar-refractivity contribution in [3.8, 4) is 0 Å². The highest BCUT2D eigenvalue weighted by Gasteiger charge is 2.30. The molecule has 0 radical (unpaired) electrons. The molecule has 0 saturated carbocycles. The number of benzene rings is 2. The van der Waals surface area contributed by atoms with E-state index in [-0.39, 0.29) is 44.4 Å². The van der Waals surface area contributed by atoms with Gasteiger partial charge in [0.15, 0.2) is 9.84 Å². The Morgan fingerprint density at radius 3 is 2.25 bits per heavy atom. The van der Waals surface area contributed by atoms with E-state index in [4.69, 9.17) is 0 Å². The number of aryl methyl sites for hydroxylation is 2. The van der Waals surface area contributed by atoms with Gasteiger partial charge in [-0.2, -0.15) is 0 Å². The molecule has 2 aromatic carbocycles. The Balaban J connectivity index is 1.91. The Bertz CT molecular complexity index is 1650. The van der Waals surface area contributed by atoms with Crippen LogP contribution in [0.3, 0.4) is 0 Å². The third-order valence-electron chi connectivity index (χ3n) is 5.94. The van der Waals surface area contributed by atoms with Crippen LogP contribution in [0.1, 0.15) is 34.5 Å². The summed E-state index contributed by atoms with van der Waals surface area (Å²) in [6, 6.07) is 10.6. The molecule has 9 nitrogen and oxygen atoms in total. The van der Waals surface area contributed by atoms with E-state index in [1.807, 2.05) is 6.92 Å². The number of fused-ring (bicyclic) bond motifs is 1. The van der Waals surface area contributed by atoms with Crippen LogP contribution in [0.4, 0.5) is 5.69 Å². The van der Waals surface area contributed by atoms with Crippen molar-refractivity contribution in [1.29, 1.82) is 0 Å². The third-order valence-corrected chi connectivity index (χ3v) is 9.03. The van der Waals surface area contributed by atoms with Crippen molar-refractivity contribution in [1.82, 2.24) is 4.98 Å². The van der Waals surface area contributed by atoms with Gasteiger partial charge in [-0.05, 0) is 62.2 Å². The number of aromatic amines is 1. The molecule has 0 saturated heterocycles. The molecule has 0 unspecified atom stereocenters. The first kappa shape index (κ1) is 25.4. The van der Waals surface area contributed by atoms with Crippen molar-refractivity contribution in [2.45, 2.75) is 41.4 Å². The Hall–Kier alpha value is -3.70. The van der Waals surface area contributed by atoms with Crippen molar-refractivity contribution < 1.29 is 31.5 Å². The van der Waals surface area contributed by atoms with Gasteiger partial charge in [-0.15, -0.1) is 0 Å². The second kappa shape index (κ2) is 9.07. The molecule has 11 heteroatoms. The van der Waals surface area contributed by atoms with E-state index in [0.717, 1.165) is 11.8 Å². The predicted octanol–water partition coefficient (Wildman–Crippen LogP) is 3.38. The number of hydrogen-bond donors (Lipinski definition) is 3. The number of carboxylic acids is 1. The number of aromatic nitrogens is 1. The first-order chi connectivity index (χ1) is 16.8. The van der Waals surface area contributed by atoms with Gasteiger partial charge >= 0.3 is 5.97 Å². The molecule has 4 rings (SSSR count). The number of carbonyl (C=O) groups is 2. The number of aliphatic carboxylic acids is 1. The van der Waals surface area contributed by atoms with Gasteiger partial charge in [0.25, 0.3) is 5.91 Å². The lowest BCUT2D eigenvalue weighted by Crippen LogP contribution is -2.08. The molecule has 36 heavy (non-hydrogen) atoms. The fourth-order valence-electron chi connectivity index (χ4n) is 4.17. The summed E-state index contributed by atoms with van der Waals surface area (Å²) >= 11 is 0. The van der Waals surface area contributed by atoms with Gasteiger partial charge in [-0.25, -0.2) is 16.8 Å². The molecule has 0 bridgehead atoms. The van der Waals surface area contributed by atoms with E-state index < -0.39 is 31.6 Å². The van der Waals surface area contributed by atoms with Crippen LogP contribution in [0.5, 0.6) is 0 Å². The standard InChI is InChI=1S/C25H24N2O7S2/c1-14-4-6-16(7-5-14)36(33,34)24-15(2)26-22(18(24)9-11-23(28)29)13-20-19-12-17(35(3,31)32)8-10-21(19)27-25(20)30/h4-8,10,12-13,26H,9,11H2,1-3H3,(H,27,30)(H,28,29). The van der Waals surface area contributed by atoms with E-state index in [0.29, 0.717) is 16.9 Å². The number of anilines is 1. The number of rotatable bonds is 7. The third kappa shape index (κ3) is 4.71. The van der Waals surface area contributed by atoms with Crippen molar-refractivity contribution >= 4 is 48.9 Å².